The van der Waals surface area contributed by atoms with Gasteiger partial charge < -0.3 is 4.42 Å². The minimum absolute atomic E-state index is 0.0241. The van der Waals surface area contributed by atoms with Gasteiger partial charge in [0, 0.05) is 5.56 Å². The Labute approximate surface area is 186 Å². The summed E-state index contributed by atoms with van der Waals surface area (Å²) >= 11 is 2.89. The molecule has 0 spiro atoms. The highest BCUT2D eigenvalue weighted by Crippen LogP contribution is 2.29. The highest BCUT2D eigenvalue weighted by atomic mass is 32.2. The van der Waals surface area contributed by atoms with E-state index in [0.29, 0.717) is 17.1 Å². The second-order valence-electron chi connectivity index (χ2n) is 6.30. The Bertz CT molecular complexity index is 1330. The average molecular weight is 473 g/mol. The zero-order valence-corrected chi connectivity index (χ0v) is 18.3. The molecule has 0 radical (unpaired) electrons. The molecule has 2 aromatic carbocycles. The Morgan fingerprint density at radius 2 is 1.94 bits per heavy atom. The van der Waals surface area contributed by atoms with Crippen LogP contribution in [0, 0.1) is 0 Å². The molecule has 0 aliphatic carbocycles. The Morgan fingerprint density at radius 1 is 1.16 bits per heavy atom. The lowest BCUT2D eigenvalue weighted by molar-refractivity contribution is -0.118. The van der Waals surface area contributed by atoms with Crippen molar-refractivity contribution in [3.63, 3.8) is 0 Å². The molecule has 4 aromatic rings. The molecule has 11 heteroatoms. The van der Waals surface area contributed by atoms with E-state index in [9.17, 15) is 13.2 Å². The molecule has 0 aliphatic rings. The fourth-order valence-electron chi connectivity index (χ4n) is 2.63. The first-order valence-corrected chi connectivity index (χ1v) is 12.3. The van der Waals surface area contributed by atoms with E-state index in [1.807, 2.05) is 24.3 Å². The van der Waals surface area contributed by atoms with E-state index in [1.54, 1.807) is 35.6 Å². The molecule has 0 bridgehead atoms. The van der Waals surface area contributed by atoms with Gasteiger partial charge in [0.2, 0.25) is 10.0 Å². The maximum absolute atomic E-state index is 12.0. The van der Waals surface area contributed by atoms with Crippen LogP contribution in [0.2, 0.25) is 0 Å². The third kappa shape index (κ3) is 5.39. The molecule has 8 nitrogen and oxygen atoms in total. The Morgan fingerprint density at radius 3 is 2.68 bits per heavy atom. The smallest absolute Gasteiger partial charge is 0.250 e. The van der Waals surface area contributed by atoms with Crippen LogP contribution in [-0.4, -0.2) is 31.3 Å². The van der Waals surface area contributed by atoms with Crippen LogP contribution >= 0.6 is 23.1 Å². The maximum Gasteiger partial charge on any atom is 0.250 e. The van der Waals surface area contributed by atoms with Crippen LogP contribution in [-0.2, 0) is 14.8 Å². The normalized spacial score (nSPS) is 11.9. The molecule has 0 saturated carbocycles. The first-order valence-electron chi connectivity index (χ1n) is 8.92. The summed E-state index contributed by atoms with van der Waals surface area (Å²) in [6, 6.07) is 17.2. The third-order valence-corrected chi connectivity index (χ3v) is 7.18. The lowest BCUT2D eigenvalue weighted by Crippen LogP contribution is -2.19. The van der Waals surface area contributed by atoms with Crippen molar-refractivity contribution in [3.05, 3.63) is 66.4 Å². The predicted molar refractivity (Wildman–Crippen MR) is 122 cm³/mol. The number of amides is 1. The lowest BCUT2D eigenvalue weighted by atomic mass is 10.2. The van der Waals surface area contributed by atoms with E-state index in [2.05, 4.69) is 15.5 Å². The number of sulfonamides is 1. The lowest BCUT2D eigenvalue weighted by Gasteiger charge is -2.00. The van der Waals surface area contributed by atoms with Gasteiger partial charge in [-0.3, -0.25) is 4.79 Å². The van der Waals surface area contributed by atoms with Gasteiger partial charge in [-0.05, 0) is 48.5 Å². The largest absolute Gasteiger partial charge is 0.455 e. The molecule has 0 atom stereocenters. The number of nitrogens with zero attached hydrogens (tertiary/aromatic N) is 2. The van der Waals surface area contributed by atoms with Crippen LogP contribution < -0.4 is 10.6 Å². The number of thiazole rings is 1. The monoisotopic (exact) mass is 472 g/mol. The number of rotatable bonds is 7. The van der Waals surface area contributed by atoms with Gasteiger partial charge in [0.1, 0.15) is 11.5 Å². The average Bonchev–Trinajstić information content (AvgIpc) is 3.38. The van der Waals surface area contributed by atoms with Crippen LogP contribution in [0.15, 0.2) is 79.4 Å². The number of carbonyl (C=O) groups is 1. The minimum Gasteiger partial charge on any atom is -0.455 e. The molecule has 0 fully saturated rings. The molecule has 1 amide bonds. The van der Waals surface area contributed by atoms with Gasteiger partial charge in [-0.1, -0.05) is 23.9 Å². The fourth-order valence-corrected chi connectivity index (χ4v) is 5.00. The Balaban J connectivity index is 1.31. The van der Waals surface area contributed by atoms with Gasteiger partial charge in [-0.15, -0.1) is 11.3 Å². The van der Waals surface area contributed by atoms with Crippen LogP contribution in [0.25, 0.3) is 21.5 Å². The summed E-state index contributed by atoms with van der Waals surface area (Å²) in [6.07, 6.45) is 1.39. The van der Waals surface area contributed by atoms with E-state index < -0.39 is 10.0 Å². The van der Waals surface area contributed by atoms with Gasteiger partial charge in [0.25, 0.3) is 5.91 Å². The summed E-state index contributed by atoms with van der Waals surface area (Å²) in [6.45, 7) is 0. The van der Waals surface area contributed by atoms with Gasteiger partial charge >= 0.3 is 0 Å². The zero-order chi connectivity index (χ0) is 21.8. The number of fused-ring (bicyclic) bond motifs is 1. The summed E-state index contributed by atoms with van der Waals surface area (Å²) in [5.74, 6) is 0.896. The number of nitrogens with one attached hydrogen (secondary N) is 1. The molecule has 3 N–H and O–H groups in total. The topological polar surface area (TPSA) is 128 Å². The highest BCUT2D eigenvalue weighted by molar-refractivity contribution is 8.01. The van der Waals surface area contributed by atoms with E-state index in [-0.39, 0.29) is 16.6 Å². The number of hydrogen-bond donors (Lipinski definition) is 2. The summed E-state index contributed by atoms with van der Waals surface area (Å²) in [4.78, 5) is 16.5. The molecular weight excluding hydrogens is 456 g/mol. The van der Waals surface area contributed by atoms with E-state index in [1.165, 1.54) is 30.1 Å². The van der Waals surface area contributed by atoms with Gasteiger partial charge in [0.15, 0.2) is 4.34 Å². The van der Waals surface area contributed by atoms with Crippen molar-refractivity contribution in [2.24, 2.45) is 10.2 Å². The second-order valence-corrected chi connectivity index (χ2v) is 10.1. The first kappa shape index (κ1) is 21.2. The van der Waals surface area contributed by atoms with Crippen LogP contribution in [0.3, 0.4) is 0 Å². The molecule has 0 unspecified atom stereocenters. The number of aromatic nitrogens is 1. The van der Waals surface area contributed by atoms with E-state index >= 15 is 0 Å². The number of furan rings is 1. The van der Waals surface area contributed by atoms with Gasteiger partial charge in [-0.25, -0.2) is 24.0 Å². The number of para-hydroxylation sites is 1. The molecule has 0 aliphatic heterocycles. The number of hydrogen-bond acceptors (Lipinski definition) is 8. The SMILES string of the molecule is NS(=O)(=O)c1ccc(-c2ccc(C=NNC(=O)CSc3nc4ccccc4s3)o2)cc1. The van der Waals surface area contributed by atoms with Crippen molar-refractivity contribution >= 4 is 55.5 Å². The number of primary sulfonamides is 1. The number of nitrogens with two attached hydrogens (primary N) is 1. The van der Waals surface area contributed by atoms with Crippen LogP contribution in [0.4, 0.5) is 0 Å². The summed E-state index contributed by atoms with van der Waals surface area (Å²) in [5.41, 5.74) is 4.06. The molecule has 31 heavy (non-hydrogen) atoms. The Kier molecular flexibility index (Phi) is 6.18. The quantitative estimate of drug-likeness (QED) is 0.241. The van der Waals surface area contributed by atoms with Gasteiger partial charge in [-0.2, -0.15) is 5.10 Å². The summed E-state index contributed by atoms with van der Waals surface area (Å²) < 4.78 is 30.2. The molecule has 158 valence electrons. The zero-order valence-electron chi connectivity index (χ0n) is 15.9. The molecule has 2 aromatic heterocycles. The number of hydrazone groups is 1. The molecular formula is C20H16N4O4S3. The van der Waals surface area contributed by atoms with Gasteiger partial charge in [0.05, 0.1) is 27.1 Å². The summed E-state index contributed by atoms with van der Waals surface area (Å²) in [7, 11) is -3.74. The first-order chi connectivity index (χ1) is 14.9. The molecule has 2 heterocycles. The Hall–Kier alpha value is -2.99. The maximum atomic E-state index is 12.0. The number of thioether (sulfide) groups is 1. The highest BCUT2D eigenvalue weighted by Gasteiger charge is 2.10. The standard InChI is InChI=1S/C20H16N4O4S3/c21-31(26,27)15-8-5-13(6-9-15)17-10-7-14(28-17)11-22-24-19(25)12-29-20-23-16-3-1-2-4-18(16)30-20/h1-11H,12H2,(H,24,25)(H2,21,26,27). The van der Waals surface area contributed by atoms with E-state index in [0.717, 1.165) is 14.6 Å². The minimum atomic E-state index is -3.74. The third-order valence-electron chi connectivity index (χ3n) is 4.08. The van der Waals surface area contributed by atoms with Crippen molar-refractivity contribution in [3.8, 4) is 11.3 Å². The second kappa shape index (κ2) is 9.02. The predicted octanol–water partition coefficient (Wildman–Crippen LogP) is 3.45. The molecule has 0 saturated heterocycles. The van der Waals surface area contributed by atoms with Crippen LogP contribution in [0.5, 0.6) is 0 Å². The van der Waals surface area contributed by atoms with Crippen molar-refractivity contribution in [1.82, 2.24) is 10.4 Å². The fraction of sp³-hybridized carbons (Fsp3) is 0.0500. The van der Waals surface area contributed by atoms with E-state index in [4.69, 9.17) is 9.56 Å². The van der Waals surface area contributed by atoms with Crippen LogP contribution in [0.1, 0.15) is 5.76 Å². The summed E-state index contributed by atoms with van der Waals surface area (Å²) in [5, 5.41) is 9.00. The van der Waals surface area contributed by atoms with Crippen molar-refractivity contribution in [1.29, 1.82) is 0 Å². The van der Waals surface area contributed by atoms with Crippen molar-refractivity contribution in [2.75, 3.05) is 5.75 Å². The number of benzene rings is 2. The molecule has 4 rings (SSSR count). The number of carbonyl (C=O) groups excluding carboxylic acids is 1. The van der Waals surface area contributed by atoms with Crippen molar-refractivity contribution in [2.45, 2.75) is 9.24 Å². The van der Waals surface area contributed by atoms with Crippen molar-refractivity contribution < 1.29 is 17.6 Å².